The number of rotatable bonds is 6. The zero-order valence-corrected chi connectivity index (χ0v) is 14.3. The first-order valence-electron chi connectivity index (χ1n) is 7.59. The van der Waals surface area contributed by atoms with Crippen LogP contribution >= 0.6 is 11.3 Å². The van der Waals surface area contributed by atoms with Gasteiger partial charge in [0.1, 0.15) is 11.6 Å². The van der Waals surface area contributed by atoms with Crippen LogP contribution in [-0.4, -0.2) is 23.4 Å². The number of carbonyl (C=O) groups excluding carboxylic acids is 2. The summed E-state index contributed by atoms with van der Waals surface area (Å²) in [5, 5.41) is 7.59. The molecule has 132 valence electrons. The fraction of sp³-hybridized carbons (Fsp3) is 0.0556. The Morgan fingerprint density at radius 3 is 2.62 bits per heavy atom. The van der Waals surface area contributed by atoms with E-state index in [1.807, 2.05) is 0 Å². The quantitative estimate of drug-likeness (QED) is 0.694. The highest BCUT2D eigenvalue weighted by atomic mass is 32.1. The van der Waals surface area contributed by atoms with Gasteiger partial charge >= 0.3 is 0 Å². The molecule has 2 N–H and O–H groups in total. The second-order valence-corrected chi connectivity index (χ2v) is 6.06. The molecule has 0 atom stereocenters. The van der Waals surface area contributed by atoms with Crippen molar-refractivity contribution in [2.24, 2.45) is 0 Å². The number of hydrogen-bond acceptors (Lipinski definition) is 5. The number of aromatic nitrogens is 1. The first-order valence-corrected chi connectivity index (χ1v) is 8.47. The van der Waals surface area contributed by atoms with Crippen molar-refractivity contribution in [2.75, 3.05) is 17.2 Å². The minimum atomic E-state index is -0.436. The van der Waals surface area contributed by atoms with Crippen LogP contribution in [0.2, 0.25) is 0 Å². The third-order valence-corrected chi connectivity index (χ3v) is 3.94. The zero-order valence-electron chi connectivity index (χ0n) is 13.4. The Hall–Kier alpha value is -3.26. The molecule has 2 amide bonds. The first kappa shape index (κ1) is 17.6. The van der Waals surface area contributed by atoms with E-state index >= 15 is 0 Å². The molecule has 2 aromatic carbocycles. The fourth-order valence-electron chi connectivity index (χ4n) is 2.06. The van der Waals surface area contributed by atoms with Crippen LogP contribution in [0.5, 0.6) is 5.75 Å². The third kappa shape index (κ3) is 4.87. The molecule has 0 spiro atoms. The van der Waals surface area contributed by atoms with Gasteiger partial charge in [-0.2, -0.15) is 0 Å². The lowest BCUT2D eigenvalue weighted by atomic mass is 10.2. The van der Waals surface area contributed by atoms with Gasteiger partial charge in [0.15, 0.2) is 11.7 Å². The summed E-state index contributed by atoms with van der Waals surface area (Å²) in [6, 6.07) is 11.9. The maximum Gasteiger partial charge on any atom is 0.262 e. The van der Waals surface area contributed by atoms with E-state index in [1.165, 1.54) is 29.5 Å². The van der Waals surface area contributed by atoms with Crippen molar-refractivity contribution < 1.29 is 18.7 Å². The predicted molar refractivity (Wildman–Crippen MR) is 97.0 cm³/mol. The molecule has 0 aliphatic heterocycles. The van der Waals surface area contributed by atoms with Gasteiger partial charge in [-0.15, -0.1) is 11.3 Å². The van der Waals surface area contributed by atoms with Crippen LogP contribution in [0.15, 0.2) is 60.1 Å². The Morgan fingerprint density at radius 2 is 1.92 bits per heavy atom. The normalized spacial score (nSPS) is 10.2. The van der Waals surface area contributed by atoms with E-state index in [9.17, 15) is 14.0 Å². The molecule has 3 rings (SSSR count). The van der Waals surface area contributed by atoms with Gasteiger partial charge in [0.2, 0.25) is 0 Å². The van der Waals surface area contributed by atoms with Crippen LogP contribution in [0.3, 0.4) is 0 Å². The summed E-state index contributed by atoms with van der Waals surface area (Å²) >= 11 is 1.32. The molecule has 1 aromatic heterocycles. The van der Waals surface area contributed by atoms with Crippen LogP contribution in [-0.2, 0) is 4.79 Å². The molecule has 0 fully saturated rings. The highest BCUT2D eigenvalue weighted by Gasteiger charge is 2.09. The molecule has 6 nitrogen and oxygen atoms in total. The Morgan fingerprint density at radius 1 is 1.12 bits per heavy atom. The number of thiazole rings is 1. The van der Waals surface area contributed by atoms with Crippen molar-refractivity contribution in [1.29, 1.82) is 0 Å². The Balaban J connectivity index is 1.51. The molecule has 1 heterocycles. The molecule has 8 heteroatoms. The maximum atomic E-state index is 13.0. The van der Waals surface area contributed by atoms with Crippen molar-refractivity contribution in [3.05, 3.63) is 71.5 Å². The average molecular weight is 371 g/mol. The minimum absolute atomic E-state index is 0.254. The number of benzene rings is 2. The first-order chi connectivity index (χ1) is 12.6. The summed E-state index contributed by atoms with van der Waals surface area (Å²) in [4.78, 5) is 27.9. The smallest absolute Gasteiger partial charge is 0.262 e. The number of ether oxygens (including phenoxy) is 1. The maximum absolute atomic E-state index is 13.0. The number of halogens is 1. The molecular formula is C18H14FN3O3S. The van der Waals surface area contributed by atoms with E-state index in [-0.39, 0.29) is 18.3 Å². The average Bonchev–Trinajstić information content (AvgIpc) is 3.14. The van der Waals surface area contributed by atoms with Crippen LogP contribution in [0.1, 0.15) is 10.4 Å². The van der Waals surface area contributed by atoms with Crippen LogP contribution in [0.25, 0.3) is 0 Å². The molecule has 0 radical (unpaired) electrons. The summed E-state index contributed by atoms with van der Waals surface area (Å²) in [5.74, 6) is -0.842. The summed E-state index contributed by atoms with van der Waals surface area (Å²) < 4.78 is 18.3. The van der Waals surface area contributed by atoms with E-state index in [2.05, 4.69) is 15.6 Å². The zero-order chi connectivity index (χ0) is 18.4. The molecule has 0 unspecified atom stereocenters. The molecule has 0 aliphatic rings. The van der Waals surface area contributed by atoms with Crippen LogP contribution in [0.4, 0.5) is 15.2 Å². The lowest BCUT2D eigenvalue weighted by molar-refractivity contribution is -0.118. The van der Waals surface area contributed by atoms with Crippen molar-refractivity contribution >= 4 is 34.0 Å². The molecule has 0 aliphatic carbocycles. The molecule has 3 aromatic rings. The van der Waals surface area contributed by atoms with Gasteiger partial charge in [-0.3, -0.25) is 14.9 Å². The Kier molecular flexibility index (Phi) is 5.55. The molecule has 26 heavy (non-hydrogen) atoms. The molecule has 0 saturated carbocycles. The van der Waals surface area contributed by atoms with Gasteiger partial charge in [-0.05, 0) is 36.4 Å². The van der Waals surface area contributed by atoms with Crippen molar-refractivity contribution in [2.45, 2.75) is 0 Å². The van der Waals surface area contributed by atoms with Gasteiger partial charge in [-0.25, -0.2) is 9.37 Å². The van der Waals surface area contributed by atoms with Gasteiger partial charge < -0.3 is 10.1 Å². The van der Waals surface area contributed by atoms with Crippen LogP contribution in [0, 0.1) is 5.82 Å². The SMILES string of the molecule is O=C(COc1cccc(F)c1)Nc1ccc(C(=O)Nc2nccs2)cc1. The van der Waals surface area contributed by atoms with Crippen molar-refractivity contribution in [3.8, 4) is 5.75 Å². The molecule has 0 saturated heterocycles. The monoisotopic (exact) mass is 371 g/mol. The highest BCUT2D eigenvalue weighted by molar-refractivity contribution is 7.13. The molecular weight excluding hydrogens is 357 g/mol. The van der Waals surface area contributed by atoms with Crippen molar-refractivity contribution in [3.63, 3.8) is 0 Å². The lowest BCUT2D eigenvalue weighted by Crippen LogP contribution is -2.20. The second kappa shape index (κ2) is 8.21. The summed E-state index contributed by atoms with van der Waals surface area (Å²) in [6.45, 7) is -0.254. The summed E-state index contributed by atoms with van der Waals surface area (Å²) in [5.41, 5.74) is 0.956. The van der Waals surface area contributed by atoms with Gasteiger partial charge in [0.05, 0.1) is 0 Å². The number of nitrogens with one attached hydrogen (secondary N) is 2. The predicted octanol–water partition coefficient (Wildman–Crippen LogP) is 3.55. The minimum Gasteiger partial charge on any atom is -0.484 e. The summed E-state index contributed by atoms with van der Waals surface area (Å²) in [7, 11) is 0. The van der Waals surface area contributed by atoms with Gasteiger partial charge in [-0.1, -0.05) is 6.07 Å². The number of carbonyl (C=O) groups is 2. The number of amides is 2. The van der Waals surface area contributed by atoms with E-state index in [4.69, 9.17) is 4.74 Å². The third-order valence-electron chi connectivity index (χ3n) is 3.25. The Labute approximate surface area is 152 Å². The lowest BCUT2D eigenvalue weighted by Gasteiger charge is -2.08. The fourth-order valence-corrected chi connectivity index (χ4v) is 2.59. The van der Waals surface area contributed by atoms with E-state index in [0.717, 1.165) is 0 Å². The summed E-state index contributed by atoms with van der Waals surface area (Å²) in [6.07, 6.45) is 1.60. The number of anilines is 2. The van der Waals surface area contributed by atoms with Crippen molar-refractivity contribution in [1.82, 2.24) is 4.98 Å². The second-order valence-electron chi connectivity index (χ2n) is 5.16. The number of nitrogens with zero attached hydrogens (tertiary/aromatic N) is 1. The standard InChI is InChI=1S/C18H14FN3O3S/c19-13-2-1-3-15(10-13)25-11-16(23)21-14-6-4-12(5-7-14)17(24)22-18-20-8-9-26-18/h1-10H,11H2,(H,21,23)(H,20,22,24). The van der Waals surface area contributed by atoms with E-state index < -0.39 is 11.7 Å². The van der Waals surface area contributed by atoms with E-state index in [0.29, 0.717) is 16.4 Å². The largest absolute Gasteiger partial charge is 0.484 e. The van der Waals surface area contributed by atoms with Crippen LogP contribution < -0.4 is 15.4 Å². The topological polar surface area (TPSA) is 80.3 Å². The van der Waals surface area contributed by atoms with Gasteiger partial charge in [0, 0.05) is 28.9 Å². The molecule has 0 bridgehead atoms. The Bertz CT molecular complexity index is 898. The highest BCUT2D eigenvalue weighted by Crippen LogP contribution is 2.15. The van der Waals surface area contributed by atoms with E-state index in [1.54, 1.807) is 41.9 Å². The number of hydrogen-bond donors (Lipinski definition) is 2. The van der Waals surface area contributed by atoms with Gasteiger partial charge in [0.25, 0.3) is 11.8 Å².